The first-order valence-electron chi connectivity index (χ1n) is 5.72. The fourth-order valence-corrected chi connectivity index (χ4v) is 3.48. The molecule has 0 aromatic carbocycles. The number of aryl methyl sites for hydroxylation is 2. The number of piperidine rings is 1. The maximum absolute atomic E-state index is 12.1. The Morgan fingerprint density at radius 2 is 2.35 bits per heavy atom. The number of nitrogens with one attached hydrogen (secondary N) is 2. The Labute approximate surface area is 101 Å². The second-order valence-electron chi connectivity index (χ2n) is 4.41. The first-order valence-corrected chi connectivity index (χ1v) is 7.26. The van der Waals surface area contributed by atoms with Gasteiger partial charge in [-0.3, -0.25) is 9.40 Å². The molecule has 1 aliphatic heterocycles. The molecule has 1 aromatic heterocycles. The van der Waals surface area contributed by atoms with Crippen LogP contribution in [0.25, 0.3) is 0 Å². The highest BCUT2D eigenvalue weighted by atomic mass is 32.2. The van der Waals surface area contributed by atoms with E-state index in [9.17, 15) is 8.42 Å². The molecule has 0 amide bonds. The van der Waals surface area contributed by atoms with Crippen LogP contribution in [-0.4, -0.2) is 36.5 Å². The van der Waals surface area contributed by atoms with Gasteiger partial charge in [0, 0.05) is 19.7 Å². The number of anilines is 1. The molecule has 2 heterocycles. The molecular formula is C10H18N4O2S. The Morgan fingerprint density at radius 1 is 1.59 bits per heavy atom. The Bertz CT molecular complexity index is 488. The molecule has 0 aliphatic carbocycles. The summed E-state index contributed by atoms with van der Waals surface area (Å²) in [6, 6.07) is 1.73. The molecule has 6 nitrogen and oxygen atoms in total. The van der Waals surface area contributed by atoms with E-state index >= 15 is 0 Å². The molecule has 1 aliphatic rings. The lowest BCUT2D eigenvalue weighted by atomic mass is 10.2. The van der Waals surface area contributed by atoms with Crippen molar-refractivity contribution >= 4 is 15.8 Å². The second-order valence-corrected chi connectivity index (χ2v) is 6.37. The molecule has 0 saturated carbocycles. The molecule has 1 unspecified atom stereocenters. The summed E-state index contributed by atoms with van der Waals surface area (Å²) in [6.45, 7) is 3.25. The van der Waals surface area contributed by atoms with Crippen LogP contribution in [-0.2, 0) is 17.1 Å². The van der Waals surface area contributed by atoms with Crippen molar-refractivity contribution in [1.82, 2.24) is 15.1 Å². The van der Waals surface area contributed by atoms with Crippen molar-refractivity contribution in [2.45, 2.75) is 25.0 Å². The Morgan fingerprint density at radius 3 is 2.88 bits per heavy atom. The van der Waals surface area contributed by atoms with Crippen LogP contribution in [0, 0.1) is 6.92 Å². The highest BCUT2D eigenvalue weighted by Gasteiger charge is 2.27. The number of hydrogen-bond donors (Lipinski definition) is 2. The van der Waals surface area contributed by atoms with Crippen LogP contribution in [0.3, 0.4) is 0 Å². The minimum absolute atomic E-state index is 0.355. The molecule has 96 valence electrons. The SMILES string of the molecule is Cc1cc(NS(=O)(=O)C2CCCNC2)n(C)n1. The van der Waals surface area contributed by atoms with E-state index in [2.05, 4.69) is 15.1 Å². The van der Waals surface area contributed by atoms with Gasteiger partial charge in [0.25, 0.3) is 0 Å². The van der Waals surface area contributed by atoms with Gasteiger partial charge in [0.05, 0.1) is 10.9 Å². The van der Waals surface area contributed by atoms with E-state index in [1.807, 2.05) is 6.92 Å². The molecule has 17 heavy (non-hydrogen) atoms. The quantitative estimate of drug-likeness (QED) is 0.813. The molecule has 7 heteroatoms. The summed E-state index contributed by atoms with van der Waals surface area (Å²) in [5, 5.41) is 6.86. The lowest BCUT2D eigenvalue weighted by molar-refractivity contribution is 0.499. The van der Waals surface area contributed by atoms with Crippen molar-refractivity contribution < 1.29 is 8.42 Å². The summed E-state index contributed by atoms with van der Waals surface area (Å²) in [7, 11) is -1.59. The second kappa shape index (κ2) is 4.66. The van der Waals surface area contributed by atoms with Crippen molar-refractivity contribution in [3.05, 3.63) is 11.8 Å². The van der Waals surface area contributed by atoms with Crippen molar-refractivity contribution in [2.75, 3.05) is 17.8 Å². The van der Waals surface area contributed by atoms with Crippen LogP contribution >= 0.6 is 0 Å². The number of sulfonamides is 1. The summed E-state index contributed by atoms with van der Waals surface area (Å²) in [5.41, 5.74) is 0.798. The monoisotopic (exact) mass is 258 g/mol. The lowest BCUT2D eigenvalue weighted by Crippen LogP contribution is -2.41. The highest BCUT2D eigenvalue weighted by Crippen LogP contribution is 2.16. The van der Waals surface area contributed by atoms with Crippen molar-refractivity contribution in [3.8, 4) is 0 Å². The largest absolute Gasteiger partial charge is 0.315 e. The van der Waals surface area contributed by atoms with Gasteiger partial charge in [0.2, 0.25) is 10.0 Å². The first kappa shape index (κ1) is 12.4. The van der Waals surface area contributed by atoms with Crippen LogP contribution in [0.2, 0.25) is 0 Å². The topological polar surface area (TPSA) is 76.0 Å². The number of aromatic nitrogens is 2. The van der Waals surface area contributed by atoms with Gasteiger partial charge in [0.1, 0.15) is 5.82 Å². The van der Waals surface area contributed by atoms with Crippen molar-refractivity contribution in [3.63, 3.8) is 0 Å². The third-order valence-electron chi connectivity index (χ3n) is 2.94. The molecule has 0 spiro atoms. The maximum Gasteiger partial charge on any atom is 0.238 e. The molecule has 1 aromatic rings. The summed E-state index contributed by atoms with van der Waals surface area (Å²) in [5.74, 6) is 0.521. The summed E-state index contributed by atoms with van der Waals surface area (Å²) in [6.07, 6.45) is 1.61. The van der Waals surface area contributed by atoms with Crippen LogP contribution in [0.5, 0.6) is 0 Å². The fraction of sp³-hybridized carbons (Fsp3) is 0.700. The average Bonchev–Trinajstić information content (AvgIpc) is 2.58. The minimum atomic E-state index is -3.32. The predicted molar refractivity (Wildman–Crippen MR) is 66.4 cm³/mol. The lowest BCUT2D eigenvalue weighted by Gasteiger charge is -2.23. The van der Waals surface area contributed by atoms with Gasteiger partial charge in [-0.2, -0.15) is 5.10 Å². The molecule has 2 rings (SSSR count). The number of rotatable bonds is 3. The molecular weight excluding hydrogens is 240 g/mol. The molecule has 2 N–H and O–H groups in total. The normalized spacial score (nSPS) is 21.4. The zero-order valence-electron chi connectivity index (χ0n) is 10.1. The van der Waals surface area contributed by atoms with Gasteiger partial charge in [-0.05, 0) is 26.3 Å². The third-order valence-corrected chi connectivity index (χ3v) is 4.71. The summed E-state index contributed by atoms with van der Waals surface area (Å²) in [4.78, 5) is 0. The molecule has 1 saturated heterocycles. The third kappa shape index (κ3) is 2.78. The Balaban J connectivity index is 2.13. The molecule has 1 fully saturated rings. The Kier molecular flexibility index (Phi) is 3.39. The minimum Gasteiger partial charge on any atom is -0.315 e. The van der Waals surface area contributed by atoms with Crippen LogP contribution < -0.4 is 10.0 Å². The van der Waals surface area contributed by atoms with Gasteiger partial charge in [0.15, 0.2) is 0 Å². The van der Waals surface area contributed by atoms with Crippen LogP contribution in [0.1, 0.15) is 18.5 Å². The van der Waals surface area contributed by atoms with Crippen LogP contribution in [0.15, 0.2) is 6.07 Å². The van der Waals surface area contributed by atoms with Crippen LogP contribution in [0.4, 0.5) is 5.82 Å². The van der Waals surface area contributed by atoms with E-state index in [1.165, 1.54) is 0 Å². The maximum atomic E-state index is 12.1. The van der Waals surface area contributed by atoms with E-state index in [1.54, 1.807) is 17.8 Å². The standard InChI is InChI=1S/C10H18N4O2S/c1-8-6-10(14(2)12-8)13-17(15,16)9-4-3-5-11-7-9/h6,9,11,13H,3-5,7H2,1-2H3. The van der Waals surface area contributed by atoms with Gasteiger partial charge in [-0.1, -0.05) is 0 Å². The van der Waals surface area contributed by atoms with Gasteiger partial charge >= 0.3 is 0 Å². The van der Waals surface area contributed by atoms with E-state index in [4.69, 9.17) is 0 Å². The molecule has 0 radical (unpaired) electrons. The van der Waals surface area contributed by atoms with Gasteiger partial charge in [-0.15, -0.1) is 0 Å². The van der Waals surface area contributed by atoms with Crippen molar-refractivity contribution in [1.29, 1.82) is 0 Å². The van der Waals surface area contributed by atoms with E-state index in [0.29, 0.717) is 18.8 Å². The number of nitrogens with zero attached hydrogens (tertiary/aromatic N) is 2. The smallest absolute Gasteiger partial charge is 0.238 e. The first-order chi connectivity index (χ1) is 7.99. The van der Waals surface area contributed by atoms with Gasteiger partial charge < -0.3 is 5.32 Å². The fourth-order valence-electron chi connectivity index (χ4n) is 2.02. The Hall–Kier alpha value is -1.08. The summed E-state index contributed by atoms with van der Waals surface area (Å²) < 4.78 is 28.4. The van der Waals surface area contributed by atoms with E-state index < -0.39 is 10.0 Å². The molecule has 1 atom stereocenters. The predicted octanol–water partition coefficient (Wildman–Crippen LogP) is 0.222. The van der Waals surface area contributed by atoms with Crippen molar-refractivity contribution in [2.24, 2.45) is 7.05 Å². The highest BCUT2D eigenvalue weighted by molar-refractivity contribution is 7.93. The van der Waals surface area contributed by atoms with E-state index in [-0.39, 0.29) is 5.25 Å². The summed E-state index contributed by atoms with van der Waals surface area (Å²) >= 11 is 0. The zero-order valence-corrected chi connectivity index (χ0v) is 10.9. The zero-order chi connectivity index (χ0) is 12.5. The average molecular weight is 258 g/mol. The van der Waals surface area contributed by atoms with E-state index in [0.717, 1.165) is 18.7 Å². The van der Waals surface area contributed by atoms with Gasteiger partial charge in [-0.25, -0.2) is 8.42 Å². The molecule has 0 bridgehead atoms. The number of hydrogen-bond acceptors (Lipinski definition) is 4.